The van der Waals surface area contributed by atoms with Gasteiger partial charge in [-0.25, -0.2) is 4.79 Å². The Kier molecular flexibility index (Phi) is 9.00. The summed E-state index contributed by atoms with van der Waals surface area (Å²) in [5.41, 5.74) is 1.06. The van der Waals surface area contributed by atoms with Gasteiger partial charge >= 0.3 is 5.97 Å². The van der Waals surface area contributed by atoms with Crippen LogP contribution in [0.15, 0.2) is 30.4 Å². The van der Waals surface area contributed by atoms with Crippen LogP contribution in [0.5, 0.6) is 5.75 Å². The Morgan fingerprint density at radius 2 is 1.97 bits per heavy atom. The zero-order valence-corrected chi connectivity index (χ0v) is 21.6. The Hall–Kier alpha value is -2.66. The highest BCUT2D eigenvalue weighted by atomic mass is 16.8. The van der Waals surface area contributed by atoms with E-state index in [-0.39, 0.29) is 24.0 Å². The van der Waals surface area contributed by atoms with Crippen molar-refractivity contribution < 1.29 is 38.4 Å². The fourth-order valence-corrected chi connectivity index (χ4v) is 4.08. The molecule has 0 aliphatic carbocycles. The Morgan fingerprint density at radius 1 is 1.25 bits per heavy atom. The van der Waals surface area contributed by atoms with Gasteiger partial charge in [-0.1, -0.05) is 31.2 Å². The van der Waals surface area contributed by atoms with Crippen LogP contribution >= 0.6 is 0 Å². The number of aliphatic hydroxyl groups is 1. The number of ether oxygens (including phenoxy) is 5. The largest absolute Gasteiger partial charge is 0.467 e. The molecule has 1 aromatic carbocycles. The Labute approximate surface area is 213 Å². The molecule has 2 aliphatic heterocycles. The first-order valence-electron chi connectivity index (χ1n) is 11.9. The number of fused-ring (bicyclic) bond motifs is 2. The highest BCUT2D eigenvalue weighted by Crippen LogP contribution is 2.35. The van der Waals surface area contributed by atoms with Gasteiger partial charge in [0.25, 0.3) is 0 Å². The second kappa shape index (κ2) is 11.6. The maximum absolute atomic E-state index is 13.4. The van der Waals surface area contributed by atoms with Crippen LogP contribution in [0.3, 0.4) is 0 Å². The molecule has 10 heteroatoms. The van der Waals surface area contributed by atoms with Crippen molar-refractivity contribution in [3.8, 4) is 5.75 Å². The number of hydrogen-bond donors (Lipinski definition) is 1. The Bertz CT molecular complexity index is 1020. The van der Waals surface area contributed by atoms with Crippen molar-refractivity contribution in [1.29, 1.82) is 0 Å². The average molecular weight is 499 g/mol. The highest BCUT2D eigenvalue weighted by molar-refractivity contribution is 6.60. The molecule has 0 spiro atoms. The summed E-state index contributed by atoms with van der Waals surface area (Å²) in [6, 6.07) is 3.19. The molecule has 1 fully saturated rings. The van der Waals surface area contributed by atoms with Gasteiger partial charge in [0, 0.05) is 31.8 Å². The molecule has 1 amide bonds. The number of nitrogens with zero attached hydrogens (tertiary/aromatic N) is 1. The molecule has 5 atom stereocenters. The van der Waals surface area contributed by atoms with Crippen LogP contribution < -0.4 is 9.64 Å². The number of anilines is 1. The lowest BCUT2D eigenvalue weighted by Gasteiger charge is -2.24. The number of carbonyl (C=O) groups excluding carboxylic acids is 2. The summed E-state index contributed by atoms with van der Waals surface area (Å²) in [7, 11) is 8.45. The van der Waals surface area contributed by atoms with Gasteiger partial charge in [0.2, 0.25) is 7.85 Å². The summed E-state index contributed by atoms with van der Waals surface area (Å²) in [5, 5.41) is 10.8. The second-order valence-electron chi connectivity index (χ2n) is 9.48. The van der Waals surface area contributed by atoms with Gasteiger partial charge in [0.05, 0.1) is 6.10 Å². The minimum Gasteiger partial charge on any atom is -0.467 e. The number of esters is 1. The molecule has 0 saturated carbocycles. The quantitative estimate of drug-likeness (QED) is 0.291. The topological polar surface area (TPSA) is 104 Å². The summed E-state index contributed by atoms with van der Waals surface area (Å²) in [4.78, 5) is 26.4. The lowest BCUT2D eigenvalue weighted by Crippen LogP contribution is -2.34. The molecule has 1 saturated heterocycles. The van der Waals surface area contributed by atoms with Gasteiger partial charge in [-0.2, -0.15) is 0 Å². The summed E-state index contributed by atoms with van der Waals surface area (Å²) in [6.45, 7) is 7.13. The number of hydrogen-bond acceptors (Lipinski definition) is 8. The van der Waals surface area contributed by atoms with E-state index >= 15 is 0 Å². The molecule has 1 N–H and O–H groups in total. The number of rotatable bonds is 4. The number of cyclic esters (lactones) is 1. The molecule has 2 radical (unpaired) electrons. The molecule has 9 nitrogen and oxygen atoms in total. The number of aliphatic hydroxyl groups excluding tert-OH is 1. The van der Waals surface area contributed by atoms with Crippen LogP contribution in [0.2, 0.25) is 0 Å². The predicted octanol–water partition coefficient (Wildman–Crippen LogP) is 3.43. The van der Waals surface area contributed by atoms with E-state index in [9.17, 15) is 14.7 Å². The van der Waals surface area contributed by atoms with Crippen LogP contribution in [0.1, 0.15) is 50.0 Å². The van der Waals surface area contributed by atoms with Crippen molar-refractivity contribution >= 4 is 31.4 Å². The van der Waals surface area contributed by atoms with E-state index in [4.69, 9.17) is 31.5 Å². The van der Waals surface area contributed by atoms with Gasteiger partial charge in [0.15, 0.2) is 18.4 Å². The maximum Gasteiger partial charge on any atom is 0.342 e. The minimum absolute atomic E-state index is 0.121. The molecule has 36 heavy (non-hydrogen) atoms. The first-order valence-corrected chi connectivity index (χ1v) is 11.9. The molecule has 0 aromatic heterocycles. The fraction of sp³-hybridized carbons (Fsp3) is 0.538. The first kappa shape index (κ1) is 27.9. The average Bonchev–Trinajstić information content (AvgIpc) is 3.13. The summed E-state index contributed by atoms with van der Waals surface area (Å²) < 4.78 is 28.5. The third kappa shape index (κ3) is 6.56. The summed E-state index contributed by atoms with van der Waals surface area (Å²) >= 11 is 0. The lowest BCUT2D eigenvalue weighted by atomic mass is 9.98. The van der Waals surface area contributed by atoms with E-state index in [2.05, 4.69) is 0 Å². The van der Waals surface area contributed by atoms with Crippen LogP contribution in [-0.4, -0.2) is 75.9 Å². The monoisotopic (exact) mass is 499 g/mol. The molecule has 2 heterocycles. The van der Waals surface area contributed by atoms with Crippen molar-refractivity contribution in [3.63, 3.8) is 0 Å². The van der Waals surface area contributed by atoms with Crippen LogP contribution in [0.4, 0.5) is 10.5 Å². The maximum atomic E-state index is 13.4. The van der Waals surface area contributed by atoms with E-state index in [0.717, 1.165) is 0 Å². The molecule has 2 aliphatic rings. The zero-order chi connectivity index (χ0) is 26.6. The van der Waals surface area contributed by atoms with Gasteiger partial charge < -0.3 is 33.7 Å². The molecular formula is C26H34BNO8. The number of benzene rings is 1. The van der Waals surface area contributed by atoms with Gasteiger partial charge in [0.1, 0.15) is 29.6 Å². The predicted molar refractivity (Wildman–Crippen MR) is 135 cm³/mol. The van der Waals surface area contributed by atoms with Crippen molar-refractivity contribution in [2.75, 3.05) is 25.9 Å². The molecule has 1 unspecified atom stereocenters. The first-order chi connectivity index (χ1) is 16.9. The number of amides is 1. The summed E-state index contributed by atoms with van der Waals surface area (Å²) in [6.07, 6.45) is 4.95. The molecule has 194 valence electrons. The second-order valence-corrected chi connectivity index (χ2v) is 9.48. The van der Waals surface area contributed by atoms with Gasteiger partial charge in [-0.15, -0.1) is 0 Å². The SMILES string of the molecule is [B]C(=O)N(C)c1cc2c(c(OCOC)c1)C(=O)O[C@@H](C)[C@H](C)/C=C\C(O)[C@H]1OC(C)(C)O[C@H]1CC=C2. The molecule has 0 bridgehead atoms. The van der Waals surface area contributed by atoms with Gasteiger partial charge in [-0.3, -0.25) is 4.79 Å². The Morgan fingerprint density at radius 3 is 2.64 bits per heavy atom. The van der Waals surface area contributed by atoms with E-state index in [1.165, 1.54) is 25.1 Å². The molecule has 1 aromatic rings. The van der Waals surface area contributed by atoms with Crippen LogP contribution in [0, 0.1) is 5.92 Å². The smallest absolute Gasteiger partial charge is 0.342 e. The molecule has 3 rings (SSSR count). The lowest BCUT2D eigenvalue weighted by molar-refractivity contribution is -0.152. The van der Waals surface area contributed by atoms with Crippen LogP contribution in [-0.2, 0) is 18.9 Å². The zero-order valence-electron chi connectivity index (χ0n) is 21.6. The van der Waals surface area contributed by atoms with E-state index in [0.29, 0.717) is 17.7 Å². The van der Waals surface area contributed by atoms with Gasteiger partial charge in [-0.05, 0) is 38.8 Å². The van der Waals surface area contributed by atoms with Crippen molar-refractivity contribution in [2.24, 2.45) is 5.92 Å². The van der Waals surface area contributed by atoms with E-state index in [1.54, 1.807) is 45.1 Å². The van der Waals surface area contributed by atoms with E-state index < -0.39 is 42.0 Å². The molecular weight excluding hydrogens is 465 g/mol. The standard InChI is InChI=1S/C26H34BNO8/c1-15-10-11-19(29)23-20(35-26(3,4)36-23)9-7-8-17-12-18(28(5)25(27)31)13-21(33-14-32-6)22(17)24(30)34-16(15)2/h7-8,10-13,15-16,19-20,23,29H,9,14H2,1-6H3/b8-7?,11-10-/t15-,16+,19?,20+,23-/m1/s1. The number of carbonyl (C=O) groups is 2. The minimum atomic E-state index is -0.907. The third-order valence-electron chi connectivity index (χ3n) is 6.24. The fourth-order valence-electron chi connectivity index (χ4n) is 4.08. The third-order valence-corrected chi connectivity index (χ3v) is 6.24. The van der Waals surface area contributed by atoms with Crippen molar-refractivity contribution in [2.45, 2.75) is 64.3 Å². The Balaban J connectivity index is 2.12. The normalized spacial score (nSPS) is 28.9. The van der Waals surface area contributed by atoms with Crippen molar-refractivity contribution in [1.82, 2.24) is 0 Å². The van der Waals surface area contributed by atoms with E-state index in [1.807, 2.05) is 13.0 Å². The van der Waals surface area contributed by atoms with Crippen molar-refractivity contribution in [3.05, 3.63) is 41.5 Å². The number of methoxy groups -OCH3 is 1. The summed E-state index contributed by atoms with van der Waals surface area (Å²) in [5.74, 6) is -2.16. The highest BCUT2D eigenvalue weighted by Gasteiger charge is 2.43. The van der Waals surface area contributed by atoms with Crippen LogP contribution in [0.25, 0.3) is 6.08 Å².